The fraction of sp³-hybridized carbons (Fsp3) is 0.143. The van der Waals surface area contributed by atoms with Gasteiger partial charge in [-0.3, -0.25) is 4.31 Å². The first-order valence-electron chi connectivity index (χ1n) is 6.34. The number of nitrogens with zero attached hydrogens (tertiary/aromatic N) is 2. The topological polar surface area (TPSA) is 87.6 Å². The van der Waals surface area contributed by atoms with Crippen LogP contribution in [0.25, 0.3) is 0 Å². The van der Waals surface area contributed by atoms with Gasteiger partial charge in [0, 0.05) is 12.7 Å². The van der Waals surface area contributed by atoms with Gasteiger partial charge in [0.05, 0.1) is 10.6 Å². The van der Waals surface area contributed by atoms with E-state index in [4.69, 9.17) is 5.11 Å². The van der Waals surface area contributed by atoms with E-state index in [-0.39, 0.29) is 22.8 Å². The molecule has 2 rings (SSSR count). The van der Waals surface area contributed by atoms with E-state index in [1.165, 1.54) is 18.3 Å². The molecule has 8 heteroatoms. The highest BCUT2D eigenvalue weighted by atomic mass is 32.2. The van der Waals surface area contributed by atoms with Crippen molar-refractivity contribution in [2.24, 2.45) is 0 Å². The van der Waals surface area contributed by atoms with Crippen molar-refractivity contribution in [3.63, 3.8) is 0 Å². The fourth-order valence-electron chi connectivity index (χ4n) is 1.92. The Morgan fingerprint density at radius 2 is 1.91 bits per heavy atom. The molecule has 0 amide bonds. The second-order valence-electron chi connectivity index (χ2n) is 4.33. The summed E-state index contributed by atoms with van der Waals surface area (Å²) in [6.45, 7) is 1.70. The third-order valence-corrected chi connectivity index (χ3v) is 4.86. The van der Waals surface area contributed by atoms with E-state index >= 15 is 0 Å². The molecule has 0 spiro atoms. The minimum atomic E-state index is -3.92. The van der Waals surface area contributed by atoms with Gasteiger partial charge in [0.25, 0.3) is 10.0 Å². The quantitative estimate of drug-likeness (QED) is 0.910. The Hall–Kier alpha value is -2.48. The highest BCUT2D eigenvalue weighted by Gasteiger charge is 2.24. The van der Waals surface area contributed by atoms with Crippen molar-refractivity contribution in [1.29, 1.82) is 0 Å². The molecule has 0 bridgehead atoms. The van der Waals surface area contributed by atoms with Gasteiger partial charge in [-0.25, -0.2) is 22.6 Å². The monoisotopic (exact) mass is 324 g/mol. The number of anilines is 1. The molecule has 1 N–H and O–H groups in total. The summed E-state index contributed by atoms with van der Waals surface area (Å²) in [6, 6.07) is 7.00. The molecule has 116 valence electrons. The lowest BCUT2D eigenvalue weighted by Crippen LogP contribution is -2.31. The second-order valence-corrected chi connectivity index (χ2v) is 6.19. The van der Waals surface area contributed by atoms with Crippen molar-refractivity contribution < 1.29 is 22.7 Å². The lowest BCUT2D eigenvalue weighted by atomic mass is 10.3. The van der Waals surface area contributed by atoms with Gasteiger partial charge in [-0.15, -0.1) is 0 Å². The lowest BCUT2D eigenvalue weighted by molar-refractivity contribution is 0.0690. The van der Waals surface area contributed by atoms with Gasteiger partial charge < -0.3 is 5.11 Å². The van der Waals surface area contributed by atoms with Crippen molar-refractivity contribution in [3.8, 4) is 0 Å². The van der Waals surface area contributed by atoms with Crippen molar-refractivity contribution in [2.75, 3.05) is 10.8 Å². The molecule has 0 atom stereocenters. The number of hydrogen-bond donors (Lipinski definition) is 1. The lowest BCUT2D eigenvalue weighted by Gasteiger charge is -2.23. The Morgan fingerprint density at radius 1 is 1.27 bits per heavy atom. The van der Waals surface area contributed by atoms with Crippen LogP contribution in [-0.2, 0) is 10.0 Å². The van der Waals surface area contributed by atoms with Crippen molar-refractivity contribution in [3.05, 3.63) is 54.1 Å². The normalized spacial score (nSPS) is 11.2. The van der Waals surface area contributed by atoms with Crippen molar-refractivity contribution in [1.82, 2.24) is 4.98 Å². The summed E-state index contributed by atoms with van der Waals surface area (Å²) in [5.41, 5.74) is -0.0792. The van der Waals surface area contributed by atoms with Crippen LogP contribution in [0.2, 0.25) is 0 Å². The zero-order chi connectivity index (χ0) is 16.3. The number of carboxylic acids is 1. The number of rotatable bonds is 5. The van der Waals surface area contributed by atoms with E-state index in [2.05, 4.69) is 4.98 Å². The first-order valence-corrected chi connectivity index (χ1v) is 7.78. The maximum absolute atomic E-state index is 12.9. The molecule has 0 aliphatic heterocycles. The van der Waals surface area contributed by atoms with Gasteiger partial charge >= 0.3 is 5.97 Å². The summed E-state index contributed by atoms with van der Waals surface area (Å²) in [5.74, 6) is -1.80. The summed E-state index contributed by atoms with van der Waals surface area (Å²) in [7, 11) is -3.92. The molecule has 1 aromatic carbocycles. The first kappa shape index (κ1) is 15.9. The van der Waals surface area contributed by atoms with Gasteiger partial charge in [-0.1, -0.05) is 0 Å². The largest absolute Gasteiger partial charge is 0.477 e. The standard InChI is InChI=1S/C14H13FN2O4S/c1-2-17(11-7-8-16-13(9-11)14(18)19)22(20,21)12-5-3-10(15)4-6-12/h3-9H,2H2,1H3,(H,18,19). The molecule has 0 aliphatic carbocycles. The van der Waals surface area contributed by atoms with Gasteiger partial charge in [0.1, 0.15) is 11.5 Å². The van der Waals surface area contributed by atoms with E-state index < -0.39 is 21.8 Å². The molecule has 0 unspecified atom stereocenters. The van der Waals surface area contributed by atoms with Gasteiger partial charge in [-0.05, 0) is 43.3 Å². The number of aromatic carboxylic acids is 1. The summed E-state index contributed by atoms with van der Waals surface area (Å²) >= 11 is 0. The van der Waals surface area contributed by atoms with Crippen LogP contribution in [0.5, 0.6) is 0 Å². The predicted molar refractivity (Wildman–Crippen MR) is 77.8 cm³/mol. The van der Waals surface area contributed by atoms with Crippen LogP contribution >= 0.6 is 0 Å². The predicted octanol–water partition coefficient (Wildman–Crippen LogP) is 2.13. The van der Waals surface area contributed by atoms with Crippen LogP contribution in [0.4, 0.5) is 10.1 Å². The number of carboxylic acid groups (broad SMARTS) is 1. The van der Waals surface area contributed by atoms with Gasteiger partial charge in [0.15, 0.2) is 0 Å². The Kier molecular flexibility index (Phi) is 4.41. The summed E-state index contributed by atoms with van der Waals surface area (Å²) < 4.78 is 39.2. The zero-order valence-electron chi connectivity index (χ0n) is 11.6. The zero-order valence-corrected chi connectivity index (χ0v) is 12.4. The van der Waals surface area contributed by atoms with Crippen LogP contribution in [0.3, 0.4) is 0 Å². The van der Waals surface area contributed by atoms with Crippen LogP contribution in [0, 0.1) is 5.82 Å². The number of sulfonamides is 1. The SMILES string of the molecule is CCN(c1ccnc(C(=O)O)c1)S(=O)(=O)c1ccc(F)cc1. The number of carbonyl (C=O) groups is 1. The maximum atomic E-state index is 12.9. The van der Waals surface area contributed by atoms with E-state index in [1.807, 2.05) is 0 Å². The van der Waals surface area contributed by atoms with E-state index in [0.717, 1.165) is 28.6 Å². The molecular formula is C14H13FN2O4S. The van der Waals surface area contributed by atoms with Gasteiger partial charge in [-0.2, -0.15) is 0 Å². The molecule has 1 aromatic heterocycles. The molecule has 0 saturated carbocycles. The van der Waals surface area contributed by atoms with Crippen LogP contribution < -0.4 is 4.31 Å². The second kappa shape index (κ2) is 6.10. The van der Waals surface area contributed by atoms with Crippen molar-refractivity contribution in [2.45, 2.75) is 11.8 Å². The van der Waals surface area contributed by atoms with Crippen LogP contribution in [-0.4, -0.2) is 31.0 Å². The molecule has 22 heavy (non-hydrogen) atoms. The number of aromatic nitrogens is 1. The van der Waals surface area contributed by atoms with Crippen LogP contribution in [0.15, 0.2) is 47.5 Å². The number of pyridine rings is 1. The summed E-state index contributed by atoms with van der Waals surface area (Å²) in [6.07, 6.45) is 1.22. The molecule has 0 aliphatic rings. The van der Waals surface area contributed by atoms with E-state index in [0.29, 0.717) is 0 Å². The Morgan fingerprint density at radius 3 is 2.45 bits per heavy atom. The molecular weight excluding hydrogens is 311 g/mol. The van der Waals surface area contributed by atoms with Gasteiger partial charge in [0.2, 0.25) is 0 Å². The minimum absolute atomic E-state index is 0.0792. The molecule has 2 aromatic rings. The maximum Gasteiger partial charge on any atom is 0.354 e. The van der Waals surface area contributed by atoms with Crippen LogP contribution in [0.1, 0.15) is 17.4 Å². The minimum Gasteiger partial charge on any atom is -0.477 e. The summed E-state index contributed by atoms with van der Waals surface area (Å²) in [4.78, 5) is 14.5. The smallest absolute Gasteiger partial charge is 0.354 e. The molecule has 6 nitrogen and oxygen atoms in total. The first-order chi connectivity index (χ1) is 10.4. The molecule has 0 saturated heterocycles. The molecule has 1 heterocycles. The van der Waals surface area contributed by atoms with E-state index in [9.17, 15) is 17.6 Å². The average Bonchev–Trinajstić information content (AvgIpc) is 2.48. The fourth-order valence-corrected chi connectivity index (χ4v) is 3.38. The Labute approximate surface area is 126 Å². The third-order valence-electron chi connectivity index (χ3n) is 2.94. The highest BCUT2D eigenvalue weighted by molar-refractivity contribution is 7.92. The average molecular weight is 324 g/mol. The Balaban J connectivity index is 2.49. The number of benzene rings is 1. The summed E-state index contributed by atoms with van der Waals surface area (Å²) in [5, 5.41) is 8.94. The number of halogens is 1. The molecule has 0 fully saturated rings. The van der Waals surface area contributed by atoms with E-state index in [1.54, 1.807) is 6.92 Å². The highest BCUT2D eigenvalue weighted by Crippen LogP contribution is 2.23. The third kappa shape index (κ3) is 3.06. The Bertz CT molecular complexity index is 791. The number of hydrogen-bond acceptors (Lipinski definition) is 4. The van der Waals surface area contributed by atoms with Crippen molar-refractivity contribution >= 4 is 21.7 Å². The molecule has 0 radical (unpaired) electrons.